The van der Waals surface area contributed by atoms with Crippen molar-refractivity contribution in [2.45, 2.75) is 45.8 Å². The van der Waals surface area contributed by atoms with E-state index in [1.165, 1.54) is 0 Å². The Bertz CT molecular complexity index is 397. The first-order valence-electron chi connectivity index (χ1n) is 5.71. The van der Waals surface area contributed by atoms with E-state index in [9.17, 15) is 4.79 Å². The van der Waals surface area contributed by atoms with Gasteiger partial charge in [-0.05, 0) is 27.2 Å². The van der Waals surface area contributed by atoms with Crippen molar-refractivity contribution in [3.63, 3.8) is 0 Å². The van der Waals surface area contributed by atoms with Gasteiger partial charge in [-0.15, -0.1) is 0 Å². The molecule has 2 rings (SSSR count). The van der Waals surface area contributed by atoms with Crippen molar-refractivity contribution in [2.24, 2.45) is 0 Å². The van der Waals surface area contributed by atoms with Crippen LogP contribution in [-0.2, 0) is 6.54 Å². The Labute approximate surface area is 95.2 Å². The average Bonchev–Trinajstić information content (AvgIpc) is 2.59. The molecule has 88 valence electrons. The van der Waals surface area contributed by atoms with Gasteiger partial charge >= 0.3 is 0 Å². The Morgan fingerprint density at radius 2 is 2.44 bits per heavy atom. The average molecular weight is 222 g/mol. The van der Waals surface area contributed by atoms with Crippen LogP contribution in [0.3, 0.4) is 0 Å². The van der Waals surface area contributed by atoms with Gasteiger partial charge in [-0.25, -0.2) is 4.68 Å². The van der Waals surface area contributed by atoms with Crippen LogP contribution in [0.5, 0.6) is 0 Å². The summed E-state index contributed by atoms with van der Waals surface area (Å²) in [5.74, 6) is 0.787. The van der Waals surface area contributed by atoms with E-state index in [0.717, 1.165) is 18.8 Å². The highest BCUT2D eigenvalue weighted by molar-refractivity contribution is 5.98. The van der Waals surface area contributed by atoms with E-state index in [4.69, 9.17) is 0 Å². The van der Waals surface area contributed by atoms with Crippen LogP contribution in [0.15, 0.2) is 6.20 Å². The molecule has 0 aromatic carbocycles. The molecule has 2 heterocycles. The standard InChI is InChI=1S/C11H18N4O/c1-7(2)13-11(16)9-6-12-15-5-4-8(3)14-10(9)15/h6-8,14H,4-5H2,1-3H3,(H,13,16). The van der Waals surface area contributed by atoms with Gasteiger partial charge in [0.2, 0.25) is 0 Å². The van der Waals surface area contributed by atoms with Gasteiger partial charge in [0.25, 0.3) is 5.91 Å². The van der Waals surface area contributed by atoms with E-state index in [-0.39, 0.29) is 11.9 Å². The van der Waals surface area contributed by atoms with Gasteiger partial charge in [-0.2, -0.15) is 5.10 Å². The Hall–Kier alpha value is -1.52. The second-order valence-corrected chi connectivity index (χ2v) is 4.59. The first-order chi connectivity index (χ1) is 7.58. The molecule has 1 amide bonds. The zero-order valence-electron chi connectivity index (χ0n) is 9.95. The van der Waals surface area contributed by atoms with Gasteiger partial charge in [-0.3, -0.25) is 4.79 Å². The third-order valence-electron chi connectivity index (χ3n) is 2.66. The van der Waals surface area contributed by atoms with Crippen molar-refractivity contribution in [3.05, 3.63) is 11.8 Å². The zero-order chi connectivity index (χ0) is 11.7. The molecule has 0 saturated carbocycles. The summed E-state index contributed by atoms with van der Waals surface area (Å²) in [7, 11) is 0. The van der Waals surface area contributed by atoms with Gasteiger partial charge in [0.05, 0.1) is 6.20 Å². The lowest BCUT2D eigenvalue weighted by Crippen LogP contribution is -2.32. The van der Waals surface area contributed by atoms with Crippen LogP contribution in [0.2, 0.25) is 0 Å². The predicted molar refractivity (Wildman–Crippen MR) is 62.5 cm³/mol. The molecule has 0 spiro atoms. The summed E-state index contributed by atoms with van der Waals surface area (Å²) in [5, 5.41) is 10.4. The fraction of sp³-hybridized carbons (Fsp3) is 0.636. The first kappa shape index (κ1) is 11.0. The molecule has 1 aromatic heterocycles. The fourth-order valence-electron chi connectivity index (χ4n) is 1.83. The Morgan fingerprint density at radius 1 is 1.69 bits per heavy atom. The van der Waals surface area contributed by atoms with Gasteiger partial charge in [0, 0.05) is 18.6 Å². The molecular weight excluding hydrogens is 204 g/mol. The minimum atomic E-state index is -0.0575. The number of carbonyl (C=O) groups is 1. The third kappa shape index (κ3) is 2.03. The smallest absolute Gasteiger partial charge is 0.256 e. The molecule has 1 aliphatic heterocycles. The molecule has 2 N–H and O–H groups in total. The second kappa shape index (κ2) is 4.15. The summed E-state index contributed by atoms with van der Waals surface area (Å²) in [6.45, 7) is 6.88. The summed E-state index contributed by atoms with van der Waals surface area (Å²) in [5.41, 5.74) is 0.639. The van der Waals surface area contributed by atoms with E-state index in [1.807, 2.05) is 18.5 Å². The number of hydrogen-bond donors (Lipinski definition) is 2. The van der Waals surface area contributed by atoms with Crippen LogP contribution in [0, 0.1) is 0 Å². The molecule has 0 bridgehead atoms. The normalized spacial score (nSPS) is 19.1. The van der Waals surface area contributed by atoms with Crippen molar-refractivity contribution < 1.29 is 4.79 Å². The van der Waals surface area contributed by atoms with E-state index >= 15 is 0 Å². The first-order valence-corrected chi connectivity index (χ1v) is 5.71. The monoisotopic (exact) mass is 222 g/mol. The van der Waals surface area contributed by atoms with E-state index in [2.05, 4.69) is 22.7 Å². The SMILES string of the molecule is CC(C)NC(=O)c1cnn2c1NC(C)CC2. The Balaban J connectivity index is 2.22. The predicted octanol–water partition coefficient (Wildman–Crippen LogP) is 1.23. The van der Waals surface area contributed by atoms with Crippen LogP contribution >= 0.6 is 0 Å². The van der Waals surface area contributed by atoms with Crippen molar-refractivity contribution in [1.29, 1.82) is 0 Å². The lowest BCUT2D eigenvalue weighted by Gasteiger charge is -2.23. The maximum atomic E-state index is 11.9. The summed E-state index contributed by atoms with van der Waals surface area (Å²) < 4.78 is 1.86. The highest BCUT2D eigenvalue weighted by atomic mass is 16.1. The molecule has 0 aliphatic carbocycles. The number of nitrogens with zero attached hydrogens (tertiary/aromatic N) is 2. The number of nitrogens with one attached hydrogen (secondary N) is 2. The summed E-state index contributed by atoms with van der Waals surface area (Å²) in [4.78, 5) is 11.9. The molecule has 5 heteroatoms. The van der Waals surface area contributed by atoms with Crippen LogP contribution < -0.4 is 10.6 Å². The molecule has 1 unspecified atom stereocenters. The van der Waals surface area contributed by atoms with Gasteiger partial charge in [-0.1, -0.05) is 0 Å². The molecule has 0 radical (unpaired) electrons. The highest BCUT2D eigenvalue weighted by Crippen LogP contribution is 2.21. The topological polar surface area (TPSA) is 59.0 Å². The number of aryl methyl sites for hydroxylation is 1. The fourth-order valence-corrected chi connectivity index (χ4v) is 1.83. The lowest BCUT2D eigenvalue weighted by molar-refractivity contribution is 0.0944. The number of rotatable bonds is 2. The van der Waals surface area contributed by atoms with Crippen LogP contribution in [0.1, 0.15) is 37.6 Å². The molecule has 0 saturated heterocycles. The van der Waals surface area contributed by atoms with E-state index in [1.54, 1.807) is 6.20 Å². The van der Waals surface area contributed by atoms with Crippen LogP contribution in [-0.4, -0.2) is 27.8 Å². The van der Waals surface area contributed by atoms with Gasteiger partial charge in [0.1, 0.15) is 11.4 Å². The van der Waals surface area contributed by atoms with Gasteiger partial charge < -0.3 is 10.6 Å². The minimum Gasteiger partial charge on any atom is -0.367 e. The van der Waals surface area contributed by atoms with E-state index in [0.29, 0.717) is 11.6 Å². The maximum absolute atomic E-state index is 11.9. The molecule has 1 atom stereocenters. The van der Waals surface area contributed by atoms with Crippen LogP contribution in [0.4, 0.5) is 5.82 Å². The maximum Gasteiger partial charge on any atom is 0.256 e. The largest absolute Gasteiger partial charge is 0.367 e. The summed E-state index contributed by atoms with van der Waals surface area (Å²) in [6, 6.07) is 0.541. The molecule has 16 heavy (non-hydrogen) atoms. The number of fused-ring (bicyclic) bond motifs is 1. The number of amides is 1. The van der Waals surface area contributed by atoms with E-state index < -0.39 is 0 Å². The zero-order valence-corrected chi connectivity index (χ0v) is 9.95. The van der Waals surface area contributed by atoms with Crippen molar-refractivity contribution in [1.82, 2.24) is 15.1 Å². The lowest BCUT2D eigenvalue weighted by atomic mass is 10.2. The number of hydrogen-bond acceptors (Lipinski definition) is 3. The molecule has 1 aromatic rings. The molecule has 1 aliphatic rings. The Kier molecular flexibility index (Phi) is 2.85. The minimum absolute atomic E-state index is 0.0575. The molecule has 5 nitrogen and oxygen atoms in total. The molecular formula is C11H18N4O. The summed E-state index contributed by atoms with van der Waals surface area (Å²) in [6.07, 6.45) is 2.68. The highest BCUT2D eigenvalue weighted by Gasteiger charge is 2.22. The number of carbonyl (C=O) groups excluding carboxylic acids is 1. The van der Waals surface area contributed by atoms with Crippen LogP contribution in [0.25, 0.3) is 0 Å². The number of anilines is 1. The van der Waals surface area contributed by atoms with Crippen molar-refractivity contribution in [2.75, 3.05) is 5.32 Å². The summed E-state index contributed by atoms with van der Waals surface area (Å²) >= 11 is 0. The van der Waals surface area contributed by atoms with Gasteiger partial charge in [0.15, 0.2) is 0 Å². The van der Waals surface area contributed by atoms with Crippen molar-refractivity contribution >= 4 is 11.7 Å². The second-order valence-electron chi connectivity index (χ2n) is 4.59. The molecule has 0 fully saturated rings. The third-order valence-corrected chi connectivity index (χ3v) is 2.66. The van der Waals surface area contributed by atoms with Crippen molar-refractivity contribution in [3.8, 4) is 0 Å². The quantitative estimate of drug-likeness (QED) is 0.791. The number of aromatic nitrogens is 2. The Morgan fingerprint density at radius 3 is 3.12 bits per heavy atom.